The van der Waals surface area contributed by atoms with E-state index in [4.69, 9.17) is 5.73 Å². The van der Waals surface area contributed by atoms with Crippen molar-refractivity contribution < 1.29 is 0 Å². The Morgan fingerprint density at radius 2 is 2.36 bits per heavy atom. The van der Waals surface area contributed by atoms with Crippen molar-refractivity contribution in [1.82, 2.24) is 0 Å². The molecule has 2 rings (SSSR count). The fourth-order valence-corrected chi connectivity index (χ4v) is 2.15. The van der Waals surface area contributed by atoms with Gasteiger partial charge in [-0.05, 0) is 18.8 Å². The zero-order chi connectivity index (χ0) is 7.84. The molecule has 11 heavy (non-hydrogen) atoms. The van der Waals surface area contributed by atoms with Crippen molar-refractivity contribution in [3.63, 3.8) is 0 Å². The molecule has 0 aromatic heterocycles. The fraction of sp³-hybridized carbons (Fsp3) is 0.600. The Kier molecular flexibility index (Phi) is 1.61. The third kappa shape index (κ3) is 0.951. The van der Waals surface area contributed by atoms with Gasteiger partial charge in [0.1, 0.15) is 0 Å². The van der Waals surface area contributed by atoms with Gasteiger partial charge in [-0.15, -0.1) is 0 Å². The maximum atomic E-state index is 5.58. The van der Waals surface area contributed by atoms with Crippen molar-refractivity contribution in [2.24, 2.45) is 17.6 Å². The lowest BCUT2D eigenvalue weighted by Crippen LogP contribution is -2.24. The highest BCUT2D eigenvalue weighted by Crippen LogP contribution is 2.44. The van der Waals surface area contributed by atoms with Crippen LogP contribution in [-0.2, 0) is 0 Å². The first-order chi connectivity index (χ1) is 5.35. The smallest absolute Gasteiger partial charge is 0.0143 e. The molecule has 0 fully saturated rings. The van der Waals surface area contributed by atoms with Crippen molar-refractivity contribution in [3.05, 3.63) is 23.3 Å². The minimum absolute atomic E-state index is 0.731. The molecular formula is C10H15N. The molecule has 0 bridgehead atoms. The van der Waals surface area contributed by atoms with E-state index in [9.17, 15) is 0 Å². The van der Waals surface area contributed by atoms with Gasteiger partial charge in [0.25, 0.3) is 0 Å². The highest BCUT2D eigenvalue weighted by molar-refractivity contribution is 5.36. The average molecular weight is 149 g/mol. The summed E-state index contributed by atoms with van der Waals surface area (Å²) in [5.74, 6) is 1.55. The monoisotopic (exact) mass is 149 g/mol. The Morgan fingerprint density at radius 3 is 3.00 bits per heavy atom. The van der Waals surface area contributed by atoms with Crippen LogP contribution in [0.4, 0.5) is 0 Å². The first-order valence-electron chi connectivity index (χ1n) is 4.45. The van der Waals surface area contributed by atoms with Crippen LogP contribution in [0.1, 0.15) is 19.8 Å². The summed E-state index contributed by atoms with van der Waals surface area (Å²) in [4.78, 5) is 0. The number of hydrogen-bond acceptors (Lipinski definition) is 1. The Morgan fingerprint density at radius 1 is 1.55 bits per heavy atom. The molecule has 0 radical (unpaired) electrons. The van der Waals surface area contributed by atoms with Gasteiger partial charge in [0, 0.05) is 12.5 Å². The second-order valence-electron chi connectivity index (χ2n) is 3.52. The lowest BCUT2D eigenvalue weighted by atomic mass is 9.77. The van der Waals surface area contributed by atoms with E-state index in [0.29, 0.717) is 0 Å². The van der Waals surface area contributed by atoms with Gasteiger partial charge < -0.3 is 5.73 Å². The van der Waals surface area contributed by atoms with Crippen LogP contribution in [0.2, 0.25) is 0 Å². The Hall–Kier alpha value is -0.560. The van der Waals surface area contributed by atoms with Gasteiger partial charge in [0.05, 0.1) is 0 Å². The summed E-state index contributed by atoms with van der Waals surface area (Å²) in [5.41, 5.74) is 8.66. The van der Waals surface area contributed by atoms with Crippen LogP contribution in [-0.4, -0.2) is 6.54 Å². The van der Waals surface area contributed by atoms with Gasteiger partial charge in [0.15, 0.2) is 0 Å². The maximum absolute atomic E-state index is 5.58. The number of rotatable bonds is 2. The van der Waals surface area contributed by atoms with Crippen LogP contribution >= 0.6 is 0 Å². The molecule has 0 saturated carbocycles. The van der Waals surface area contributed by atoms with Crippen LogP contribution in [0.25, 0.3) is 0 Å². The number of fused-ring (bicyclic) bond motifs is 1. The van der Waals surface area contributed by atoms with Crippen molar-refractivity contribution in [1.29, 1.82) is 0 Å². The van der Waals surface area contributed by atoms with Crippen molar-refractivity contribution in [2.45, 2.75) is 19.8 Å². The largest absolute Gasteiger partial charge is 0.327 e. The Labute approximate surface area is 68.0 Å². The summed E-state index contributed by atoms with van der Waals surface area (Å²) in [6, 6.07) is 0. The predicted octanol–water partition coefficient (Wildman–Crippen LogP) is 1.86. The molecule has 2 aliphatic carbocycles. The van der Waals surface area contributed by atoms with E-state index in [1.165, 1.54) is 18.4 Å². The quantitative estimate of drug-likeness (QED) is 0.596. The number of allylic oxidation sites excluding steroid dienone is 3. The average Bonchev–Trinajstić information content (AvgIpc) is 2.31. The lowest BCUT2D eigenvalue weighted by molar-refractivity contribution is 0.493. The molecule has 0 aromatic carbocycles. The van der Waals surface area contributed by atoms with Gasteiger partial charge in [-0.2, -0.15) is 0 Å². The van der Waals surface area contributed by atoms with Gasteiger partial charge in [0.2, 0.25) is 0 Å². The Bertz CT molecular complexity index is 225. The number of nitrogens with two attached hydrogens (primary N) is 1. The molecule has 60 valence electrons. The van der Waals surface area contributed by atoms with Crippen LogP contribution in [0, 0.1) is 11.8 Å². The fourth-order valence-electron chi connectivity index (χ4n) is 2.15. The molecule has 0 aromatic rings. The van der Waals surface area contributed by atoms with Crippen LogP contribution < -0.4 is 5.73 Å². The molecule has 0 heterocycles. The summed E-state index contributed by atoms with van der Waals surface area (Å²) in [7, 11) is 0. The Balaban J connectivity index is 2.08. The number of hydrogen-bond donors (Lipinski definition) is 1. The van der Waals surface area contributed by atoms with E-state index in [2.05, 4.69) is 19.1 Å². The van der Waals surface area contributed by atoms with E-state index in [1.54, 1.807) is 5.57 Å². The van der Waals surface area contributed by atoms with E-state index in [0.717, 1.165) is 18.4 Å². The van der Waals surface area contributed by atoms with Gasteiger partial charge >= 0.3 is 0 Å². The maximum Gasteiger partial charge on any atom is 0.0143 e. The van der Waals surface area contributed by atoms with E-state index in [-0.39, 0.29) is 0 Å². The van der Waals surface area contributed by atoms with E-state index >= 15 is 0 Å². The van der Waals surface area contributed by atoms with Crippen LogP contribution in [0.3, 0.4) is 0 Å². The second kappa shape index (κ2) is 2.49. The topological polar surface area (TPSA) is 26.0 Å². The normalized spacial score (nSPS) is 34.0. The standard InChI is InChI=1S/C10H15N/c1-2-7-3-8-5-9(6-11)10(8)4-7/h4-5,8,10H,2-3,6,11H2,1H3/t8-,10-/m1/s1. The minimum atomic E-state index is 0.731. The van der Waals surface area contributed by atoms with Crippen LogP contribution in [0.15, 0.2) is 23.3 Å². The molecule has 0 saturated heterocycles. The summed E-state index contributed by atoms with van der Waals surface area (Å²) in [6.07, 6.45) is 7.29. The SMILES string of the molecule is CCC1=C[C@H]2C(CN)=C[C@H]2C1. The highest BCUT2D eigenvalue weighted by atomic mass is 14.6. The highest BCUT2D eigenvalue weighted by Gasteiger charge is 2.34. The molecule has 0 aliphatic heterocycles. The zero-order valence-electron chi connectivity index (χ0n) is 7.01. The molecule has 0 spiro atoms. The van der Waals surface area contributed by atoms with Crippen molar-refractivity contribution >= 4 is 0 Å². The van der Waals surface area contributed by atoms with Crippen LogP contribution in [0.5, 0.6) is 0 Å². The molecule has 2 N–H and O–H groups in total. The second-order valence-corrected chi connectivity index (χ2v) is 3.52. The predicted molar refractivity (Wildman–Crippen MR) is 47.1 cm³/mol. The van der Waals surface area contributed by atoms with E-state index in [1.807, 2.05) is 0 Å². The molecule has 0 amide bonds. The summed E-state index contributed by atoms with van der Waals surface area (Å²) >= 11 is 0. The van der Waals surface area contributed by atoms with Crippen molar-refractivity contribution in [2.75, 3.05) is 6.54 Å². The van der Waals surface area contributed by atoms with Gasteiger partial charge in [-0.1, -0.05) is 30.2 Å². The molecule has 0 unspecified atom stereocenters. The third-order valence-electron chi connectivity index (χ3n) is 2.92. The third-order valence-corrected chi connectivity index (χ3v) is 2.92. The van der Waals surface area contributed by atoms with Crippen molar-refractivity contribution in [3.8, 4) is 0 Å². The molecule has 1 heteroatoms. The van der Waals surface area contributed by atoms with Gasteiger partial charge in [-0.25, -0.2) is 0 Å². The lowest BCUT2D eigenvalue weighted by Gasteiger charge is -2.28. The molecule has 2 aliphatic rings. The molecular weight excluding hydrogens is 134 g/mol. The first kappa shape index (κ1) is 7.11. The summed E-state index contributed by atoms with van der Waals surface area (Å²) < 4.78 is 0. The molecule has 1 nitrogen and oxygen atoms in total. The van der Waals surface area contributed by atoms with E-state index < -0.39 is 0 Å². The minimum Gasteiger partial charge on any atom is -0.327 e. The summed E-state index contributed by atoms with van der Waals surface area (Å²) in [5, 5.41) is 0. The summed E-state index contributed by atoms with van der Waals surface area (Å²) in [6.45, 7) is 2.99. The zero-order valence-corrected chi connectivity index (χ0v) is 7.01. The molecule has 2 atom stereocenters. The first-order valence-corrected chi connectivity index (χ1v) is 4.45. The van der Waals surface area contributed by atoms with Gasteiger partial charge in [-0.3, -0.25) is 0 Å².